The maximum atomic E-state index is 3.78. The van der Waals surface area contributed by atoms with Gasteiger partial charge in [0.2, 0.25) is 0 Å². The van der Waals surface area contributed by atoms with Crippen LogP contribution in [0.2, 0.25) is 19.6 Å². The molecule has 0 bridgehead atoms. The first kappa shape index (κ1) is 8.79. The van der Waals surface area contributed by atoms with Crippen molar-refractivity contribution >= 4 is 8.07 Å². The minimum absolute atomic E-state index is 0.942. The van der Waals surface area contributed by atoms with Crippen LogP contribution in [0.25, 0.3) is 0 Å². The average molecular weight is 166 g/mol. The van der Waals surface area contributed by atoms with E-state index >= 15 is 0 Å². The first-order valence-corrected chi connectivity index (χ1v) is 7.88. The monoisotopic (exact) mass is 166 g/mol. The summed E-state index contributed by atoms with van der Waals surface area (Å²) in [5.41, 5.74) is 1.69. The third-order valence-corrected chi connectivity index (χ3v) is 4.81. The second-order valence-electron chi connectivity index (χ2n) is 4.32. The Kier molecular flexibility index (Phi) is 2.38. The molecule has 1 aliphatic rings. The van der Waals surface area contributed by atoms with Crippen LogP contribution in [0.5, 0.6) is 0 Å². The van der Waals surface area contributed by atoms with Gasteiger partial charge in [-0.1, -0.05) is 36.5 Å². The van der Waals surface area contributed by atoms with Crippen LogP contribution in [0.4, 0.5) is 0 Å². The molecule has 0 nitrogen and oxygen atoms in total. The Hall–Kier alpha value is -0.303. The fourth-order valence-electron chi connectivity index (χ4n) is 1.73. The van der Waals surface area contributed by atoms with Gasteiger partial charge in [0.25, 0.3) is 0 Å². The molecule has 0 N–H and O–H groups in total. The van der Waals surface area contributed by atoms with E-state index in [1.807, 2.05) is 6.08 Å². The highest BCUT2D eigenvalue weighted by Crippen LogP contribution is 2.36. The van der Waals surface area contributed by atoms with Crippen LogP contribution in [-0.2, 0) is 0 Å². The zero-order valence-electron chi connectivity index (χ0n) is 7.91. The van der Waals surface area contributed by atoms with Crippen molar-refractivity contribution in [1.82, 2.24) is 0 Å². The molecule has 62 valence electrons. The largest absolute Gasteiger partial charge is 0.103 e. The summed E-state index contributed by atoms with van der Waals surface area (Å²) in [6.07, 6.45) is 5.89. The van der Waals surface area contributed by atoms with E-state index < -0.39 is 8.07 Å². The van der Waals surface area contributed by atoms with Crippen molar-refractivity contribution in [3.63, 3.8) is 0 Å². The first-order valence-electron chi connectivity index (χ1n) is 4.38. The number of allylic oxidation sites excluding steroid dienone is 3. The molecule has 0 aromatic carbocycles. The van der Waals surface area contributed by atoms with E-state index in [9.17, 15) is 0 Å². The average Bonchev–Trinajstić information content (AvgIpc) is 1.75. The second-order valence-corrected chi connectivity index (χ2v) is 9.43. The fraction of sp³-hybridized carbons (Fsp3) is 0.600. The Labute approximate surface area is 71.0 Å². The predicted molar refractivity (Wildman–Crippen MR) is 54.4 cm³/mol. The third kappa shape index (κ3) is 1.83. The Bertz CT molecular complexity index is 193. The maximum Gasteiger partial charge on any atom is 0.0724 e. The van der Waals surface area contributed by atoms with Crippen LogP contribution in [0.15, 0.2) is 23.4 Å². The molecule has 1 heteroatoms. The van der Waals surface area contributed by atoms with Crippen molar-refractivity contribution in [3.05, 3.63) is 23.4 Å². The summed E-state index contributed by atoms with van der Waals surface area (Å²) in [6, 6.07) is 0. The van der Waals surface area contributed by atoms with Gasteiger partial charge < -0.3 is 0 Å². The highest BCUT2D eigenvalue weighted by atomic mass is 28.3. The van der Waals surface area contributed by atoms with Gasteiger partial charge in [-0.05, 0) is 19.3 Å². The Morgan fingerprint density at radius 3 is 2.27 bits per heavy atom. The lowest BCUT2D eigenvalue weighted by molar-refractivity contribution is 0.810. The number of rotatable bonds is 3. The molecule has 0 saturated heterocycles. The Morgan fingerprint density at radius 1 is 1.36 bits per heavy atom. The summed E-state index contributed by atoms with van der Waals surface area (Å²) in [7, 11) is -0.942. The lowest BCUT2D eigenvalue weighted by Gasteiger charge is -2.32. The summed E-state index contributed by atoms with van der Waals surface area (Å²) < 4.78 is 0. The molecule has 0 radical (unpaired) electrons. The van der Waals surface area contributed by atoms with E-state index in [0.717, 1.165) is 6.42 Å². The zero-order valence-corrected chi connectivity index (χ0v) is 8.91. The number of hydrogen-bond donors (Lipinski definition) is 0. The number of hydrogen-bond acceptors (Lipinski definition) is 0. The molecule has 0 aliphatic heterocycles. The lowest BCUT2D eigenvalue weighted by Crippen LogP contribution is -2.29. The molecule has 1 rings (SSSR count). The van der Waals surface area contributed by atoms with Crippen molar-refractivity contribution in [2.75, 3.05) is 0 Å². The van der Waals surface area contributed by atoms with E-state index in [1.54, 1.807) is 10.8 Å². The third-order valence-electron chi connectivity index (χ3n) is 2.40. The quantitative estimate of drug-likeness (QED) is 0.444. The minimum atomic E-state index is -0.942. The van der Waals surface area contributed by atoms with E-state index in [-0.39, 0.29) is 0 Å². The molecule has 11 heavy (non-hydrogen) atoms. The van der Waals surface area contributed by atoms with Crippen molar-refractivity contribution in [1.29, 1.82) is 0 Å². The van der Waals surface area contributed by atoms with Gasteiger partial charge in [-0.25, -0.2) is 0 Å². The van der Waals surface area contributed by atoms with Crippen LogP contribution in [0.3, 0.4) is 0 Å². The van der Waals surface area contributed by atoms with Crippen LogP contribution in [-0.4, -0.2) is 8.07 Å². The van der Waals surface area contributed by atoms with Gasteiger partial charge in [-0.15, -0.1) is 6.58 Å². The van der Waals surface area contributed by atoms with E-state index in [0.29, 0.717) is 0 Å². The van der Waals surface area contributed by atoms with Gasteiger partial charge in [-0.3, -0.25) is 0 Å². The van der Waals surface area contributed by atoms with E-state index in [1.165, 1.54) is 12.8 Å². The minimum Gasteiger partial charge on any atom is -0.103 e. The summed E-state index contributed by atoms with van der Waals surface area (Å²) in [4.78, 5) is 0. The molecule has 1 aliphatic carbocycles. The van der Waals surface area contributed by atoms with Crippen molar-refractivity contribution in [3.8, 4) is 0 Å². The van der Waals surface area contributed by atoms with Gasteiger partial charge in [0.1, 0.15) is 0 Å². The molecule has 0 fully saturated rings. The molecule has 0 saturated carbocycles. The highest BCUT2D eigenvalue weighted by Gasteiger charge is 2.27. The normalized spacial score (nSPS) is 18.1. The molecule has 0 heterocycles. The SMILES string of the molecule is C=CCC1=C([Si](C)(C)C)CC1. The lowest BCUT2D eigenvalue weighted by atomic mass is 9.95. The summed E-state index contributed by atoms with van der Waals surface area (Å²) in [6.45, 7) is 11.1. The van der Waals surface area contributed by atoms with Gasteiger partial charge in [-0.2, -0.15) is 0 Å². The molecule has 0 aromatic rings. The predicted octanol–water partition coefficient (Wildman–Crippen LogP) is 3.53. The summed E-state index contributed by atoms with van der Waals surface area (Å²) >= 11 is 0. The van der Waals surface area contributed by atoms with Gasteiger partial charge >= 0.3 is 0 Å². The van der Waals surface area contributed by atoms with Crippen LogP contribution in [0.1, 0.15) is 19.3 Å². The molecule has 0 unspecified atom stereocenters. The smallest absolute Gasteiger partial charge is 0.0724 e. The molecular formula is C10H18Si. The van der Waals surface area contributed by atoms with Crippen LogP contribution >= 0.6 is 0 Å². The van der Waals surface area contributed by atoms with Gasteiger partial charge in [0.15, 0.2) is 0 Å². The van der Waals surface area contributed by atoms with Crippen molar-refractivity contribution in [2.24, 2.45) is 0 Å². The molecule has 0 aromatic heterocycles. The zero-order chi connectivity index (χ0) is 8.48. The van der Waals surface area contributed by atoms with Crippen molar-refractivity contribution in [2.45, 2.75) is 38.9 Å². The van der Waals surface area contributed by atoms with Gasteiger partial charge in [0, 0.05) is 0 Å². The fourth-order valence-corrected chi connectivity index (χ4v) is 3.89. The van der Waals surface area contributed by atoms with Crippen LogP contribution < -0.4 is 0 Å². The molecule has 0 spiro atoms. The van der Waals surface area contributed by atoms with Gasteiger partial charge in [0.05, 0.1) is 8.07 Å². The van der Waals surface area contributed by atoms with E-state index in [2.05, 4.69) is 26.2 Å². The molecular weight excluding hydrogens is 148 g/mol. The van der Waals surface area contributed by atoms with E-state index in [4.69, 9.17) is 0 Å². The van der Waals surface area contributed by atoms with Crippen molar-refractivity contribution < 1.29 is 0 Å². The van der Waals surface area contributed by atoms with Crippen LogP contribution in [0, 0.1) is 0 Å². The molecule has 0 atom stereocenters. The standard InChI is InChI=1S/C10H18Si/c1-5-6-9-7-8-10(9)11(2,3)4/h5H,1,6-8H2,2-4H3. The topological polar surface area (TPSA) is 0 Å². The highest BCUT2D eigenvalue weighted by molar-refractivity contribution is 6.83. The Morgan fingerprint density at radius 2 is 2.00 bits per heavy atom. The summed E-state index contributed by atoms with van der Waals surface area (Å²) in [5, 5.41) is 1.80. The first-order chi connectivity index (χ1) is 5.05. The summed E-state index contributed by atoms with van der Waals surface area (Å²) in [5.74, 6) is 0. The molecule has 0 amide bonds. The maximum absolute atomic E-state index is 3.78. The second kappa shape index (κ2) is 2.98. The Balaban J connectivity index is 2.72.